The van der Waals surface area contributed by atoms with Crippen LogP contribution < -0.4 is 0 Å². The highest BCUT2D eigenvalue weighted by Gasteiger charge is 2.50. The highest BCUT2D eigenvalue weighted by molar-refractivity contribution is 7.10. The molecule has 0 amide bonds. The van der Waals surface area contributed by atoms with Gasteiger partial charge in [0.2, 0.25) is 0 Å². The van der Waals surface area contributed by atoms with Crippen molar-refractivity contribution in [1.82, 2.24) is 14.8 Å². The summed E-state index contributed by atoms with van der Waals surface area (Å²) in [6, 6.07) is 4.21. The Labute approximate surface area is 128 Å². The zero-order valence-corrected chi connectivity index (χ0v) is 12.9. The maximum Gasteiger partial charge on any atom is 0.145 e. The number of Topliss-reactive ketones (excluding diaryl/α,β-unsaturated/α-hetero) is 1. The first-order chi connectivity index (χ1) is 10.3. The van der Waals surface area contributed by atoms with E-state index in [9.17, 15) is 4.79 Å². The Morgan fingerprint density at radius 1 is 1.14 bits per heavy atom. The van der Waals surface area contributed by atoms with E-state index in [2.05, 4.69) is 32.3 Å². The Morgan fingerprint density at radius 3 is 2.76 bits per heavy atom. The summed E-state index contributed by atoms with van der Waals surface area (Å²) >= 11 is 1.73. The van der Waals surface area contributed by atoms with Gasteiger partial charge in [-0.1, -0.05) is 18.9 Å². The quantitative estimate of drug-likeness (QED) is 0.856. The van der Waals surface area contributed by atoms with Crippen LogP contribution in [0.1, 0.15) is 55.1 Å². The zero-order valence-electron chi connectivity index (χ0n) is 12.0. The first kappa shape index (κ1) is 13.2. The Morgan fingerprint density at radius 2 is 2.00 bits per heavy atom. The second-order valence-corrected chi connectivity index (χ2v) is 7.16. The summed E-state index contributed by atoms with van der Waals surface area (Å²) in [5.74, 6) is 2.48. The molecule has 2 aromatic rings. The molecule has 110 valence electrons. The molecule has 5 heteroatoms. The SMILES string of the molecule is O=C1CC(c2cccs2)(c2nnc3n2CCCCCC3)C1. The molecule has 0 atom stereocenters. The van der Waals surface area contributed by atoms with Crippen LogP contribution in [-0.2, 0) is 23.2 Å². The monoisotopic (exact) mass is 301 g/mol. The number of rotatable bonds is 2. The van der Waals surface area contributed by atoms with Gasteiger partial charge in [-0.3, -0.25) is 4.79 Å². The van der Waals surface area contributed by atoms with E-state index in [1.807, 2.05) is 0 Å². The number of aromatic nitrogens is 3. The minimum Gasteiger partial charge on any atom is -0.314 e. The van der Waals surface area contributed by atoms with Gasteiger partial charge in [0.15, 0.2) is 0 Å². The van der Waals surface area contributed by atoms with E-state index in [1.54, 1.807) is 11.3 Å². The van der Waals surface area contributed by atoms with Gasteiger partial charge in [-0.15, -0.1) is 21.5 Å². The molecule has 21 heavy (non-hydrogen) atoms. The van der Waals surface area contributed by atoms with Crippen molar-refractivity contribution in [3.8, 4) is 0 Å². The van der Waals surface area contributed by atoms with Crippen molar-refractivity contribution in [3.63, 3.8) is 0 Å². The standard InChI is InChI=1S/C16H19N3OS/c20-12-10-16(11-12,13-6-5-9-21-13)15-18-17-14-7-3-1-2-4-8-19(14)15/h5-6,9H,1-4,7-8,10-11H2. The summed E-state index contributed by atoms with van der Waals surface area (Å²) in [4.78, 5) is 13.0. The predicted octanol–water partition coefficient (Wildman–Crippen LogP) is 3.11. The molecule has 1 aliphatic heterocycles. The first-order valence-corrected chi connectivity index (χ1v) is 8.66. The summed E-state index contributed by atoms with van der Waals surface area (Å²) < 4.78 is 2.31. The summed E-state index contributed by atoms with van der Waals surface area (Å²) in [7, 11) is 0. The maximum atomic E-state index is 11.7. The summed E-state index contributed by atoms with van der Waals surface area (Å²) in [5.41, 5.74) is -0.199. The Kier molecular flexibility index (Phi) is 3.17. The fourth-order valence-corrected chi connectivity index (χ4v) is 4.55. The van der Waals surface area contributed by atoms with E-state index in [4.69, 9.17) is 0 Å². The molecule has 3 heterocycles. The van der Waals surface area contributed by atoms with Gasteiger partial charge in [0, 0.05) is 30.7 Å². The van der Waals surface area contributed by atoms with Gasteiger partial charge in [0.1, 0.15) is 17.4 Å². The molecule has 0 N–H and O–H groups in total. The van der Waals surface area contributed by atoms with Crippen molar-refractivity contribution in [2.75, 3.05) is 0 Å². The third-order valence-corrected chi connectivity index (χ3v) is 5.85. The Hall–Kier alpha value is -1.49. The largest absolute Gasteiger partial charge is 0.314 e. The van der Waals surface area contributed by atoms with Crippen molar-refractivity contribution in [2.24, 2.45) is 0 Å². The van der Waals surface area contributed by atoms with Crippen molar-refractivity contribution in [2.45, 2.75) is 56.9 Å². The van der Waals surface area contributed by atoms with E-state index in [-0.39, 0.29) is 5.41 Å². The van der Waals surface area contributed by atoms with Crippen LogP contribution in [0.15, 0.2) is 17.5 Å². The van der Waals surface area contributed by atoms with Crippen LogP contribution in [0, 0.1) is 0 Å². The highest BCUT2D eigenvalue weighted by Crippen LogP contribution is 2.48. The van der Waals surface area contributed by atoms with E-state index in [0.717, 1.165) is 24.6 Å². The average molecular weight is 301 g/mol. The number of nitrogens with zero attached hydrogens (tertiary/aromatic N) is 3. The number of ketones is 1. The molecular weight excluding hydrogens is 282 g/mol. The third-order valence-electron chi connectivity index (χ3n) is 4.78. The summed E-state index contributed by atoms with van der Waals surface area (Å²) in [6.07, 6.45) is 7.15. The zero-order chi connectivity index (χ0) is 14.3. The number of thiophene rings is 1. The number of carbonyl (C=O) groups is 1. The molecule has 0 bridgehead atoms. The van der Waals surface area contributed by atoms with E-state index in [0.29, 0.717) is 18.6 Å². The number of fused-ring (bicyclic) bond motifs is 1. The first-order valence-electron chi connectivity index (χ1n) is 7.78. The van der Waals surface area contributed by atoms with Crippen molar-refractivity contribution >= 4 is 17.1 Å². The number of hydrogen-bond donors (Lipinski definition) is 0. The molecular formula is C16H19N3OS. The molecule has 0 radical (unpaired) electrons. The van der Waals surface area contributed by atoms with Crippen LogP contribution in [0.2, 0.25) is 0 Å². The summed E-state index contributed by atoms with van der Waals surface area (Å²) in [5, 5.41) is 11.1. The molecule has 2 aliphatic rings. The van der Waals surface area contributed by atoms with Gasteiger partial charge < -0.3 is 4.57 Å². The van der Waals surface area contributed by atoms with Crippen molar-refractivity contribution in [1.29, 1.82) is 0 Å². The van der Waals surface area contributed by atoms with Gasteiger partial charge in [-0.25, -0.2) is 0 Å². The maximum absolute atomic E-state index is 11.7. The molecule has 0 spiro atoms. The molecule has 0 saturated heterocycles. The Balaban J connectivity index is 1.79. The van der Waals surface area contributed by atoms with E-state index in [1.165, 1.54) is 30.6 Å². The van der Waals surface area contributed by atoms with Crippen LogP contribution >= 0.6 is 11.3 Å². The molecule has 4 rings (SSSR count). The van der Waals surface area contributed by atoms with Crippen molar-refractivity contribution < 1.29 is 4.79 Å². The van der Waals surface area contributed by atoms with Gasteiger partial charge in [0.25, 0.3) is 0 Å². The second kappa shape index (κ2) is 5.05. The van der Waals surface area contributed by atoms with Gasteiger partial charge in [-0.2, -0.15) is 0 Å². The average Bonchev–Trinajstić information content (AvgIpc) is 3.05. The number of aryl methyl sites for hydroxylation is 1. The van der Waals surface area contributed by atoms with Crippen molar-refractivity contribution in [3.05, 3.63) is 34.0 Å². The normalized spacial score (nSPS) is 21.2. The molecule has 1 fully saturated rings. The minimum absolute atomic E-state index is 0.199. The van der Waals surface area contributed by atoms with Crippen LogP contribution in [0.3, 0.4) is 0 Å². The molecule has 4 nitrogen and oxygen atoms in total. The second-order valence-electron chi connectivity index (χ2n) is 6.21. The lowest BCUT2D eigenvalue weighted by atomic mass is 9.66. The molecule has 2 aromatic heterocycles. The predicted molar refractivity (Wildman–Crippen MR) is 81.5 cm³/mol. The van der Waals surface area contributed by atoms with Crippen LogP contribution in [0.5, 0.6) is 0 Å². The minimum atomic E-state index is -0.199. The molecule has 1 aliphatic carbocycles. The molecule has 1 saturated carbocycles. The van der Waals surface area contributed by atoms with Crippen LogP contribution in [0.25, 0.3) is 0 Å². The fourth-order valence-electron chi connectivity index (χ4n) is 3.63. The highest BCUT2D eigenvalue weighted by atomic mass is 32.1. The van der Waals surface area contributed by atoms with Gasteiger partial charge >= 0.3 is 0 Å². The van der Waals surface area contributed by atoms with Gasteiger partial charge in [-0.05, 0) is 24.3 Å². The lowest BCUT2D eigenvalue weighted by Crippen LogP contribution is -2.44. The third kappa shape index (κ3) is 2.06. The summed E-state index contributed by atoms with van der Waals surface area (Å²) in [6.45, 7) is 0.999. The van der Waals surface area contributed by atoms with Crippen LogP contribution in [0.4, 0.5) is 0 Å². The Bertz CT molecular complexity index is 651. The van der Waals surface area contributed by atoms with Crippen LogP contribution in [-0.4, -0.2) is 20.5 Å². The van der Waals surface area contributed by atoms with Gasteiger partial charge in [0.05, 0.1) is 5.41 Å². The lowest BCUT2D eigenvalue weighted by Gasteiger charge is -2.39. The molecule has 0 aromatic carbocycles. The smallest absolute Gasteiger partial charge is 0.145 e. The lowest BCUT2D eigenvalue weighted by molar-refractivity contribution is -0.127. The topological polar surface area (TPSA) is 47.8 Å². The number of carbonyl (C=O) groups excluding carboxylic acids is 1. The van der Waals surface area contributed by atoms with E-state index < -0.39 is 0 Å². The number of hydrogen-bond acceptors (Lipinski definition) is 4. The molecule has 0 unspecified atom stereocenters. The fraction of sp³-hybridized carbons (Fsp3) is 0.562. The van der Waals surface area contributed by atoms with E-state index >= 15 is 0 Å².